The molecule has 1 aromatic heterocycles. The molecule has 0 radical (unpaired) electrons. The standard InChI is InChI=1S/C19H19N3O2/c1-23-16-4-2-3-14(11-16)15-5-6-17-18(12-15)21-19(13-20-17)22-7-9-24-10-8-22/h2-6,11-13H,7-10H2,1H3. The molecule has 5 heteroatoms. The fraction of sp³-hybridized carbons (Fsp3) is 0.263. The number of rotatable bonds is 3. The summed E-state index contributed by atoms with van der Waals surface area (Å²) < 4.78 is 10.7. The Morgan fingerprint density at radius 1 is 1.00 bits per heavy atom. The largest absolute Gasteiger partial charge is 0.497 e. The van der Waals surface area contributed by atoms with Crippen LogP contribution in [0.1, 0.15) is 0 Å². The third-order valence-electron chi connectivity index (χ3n) is 4.27. The van der Waals surface area contributed by atoms with Crippen LogP contribution in [0.2, 0.25) is 0 Å². The average Bonchev–Trinajstić information content (AvgIpc) is 2.68. The maximum absolute atomic E-state index is 5.41. The zero-order chi connectivity index (χ0) is 16.4. The van der Waals surface area contributed by atoms with Gasteiger partial charge in [-0.3, -0.25) is 4.98 Å². The van der Waals surface area contributed by atoms with E-state index in [0.717, 1.165) is 60.0 Å². The van der Waals surface area contributed by atoms with Crippen LogP contribution in [0, 0.1) is 0 Å². The van der Waals surface area contributed by atoms with E-state index in [1.165, 1.54) is 0 Å². The maximum Gasteiger partial charge on any atom is 0.148 e. The predicted octanol–water partition coefficient (Wildman–Crippen LogP) is 3.14. The topological polar surface area (TPSA) is 47.5 Å². The van der Waals surface area contributed by atoms with Crippen molar-refractivity contribution in [1.29, 1.82) is 0 Å². The van der Waals surface area contributed by atoms with Crippen LogP contribution in [-0.2, 0) is 4.74 Å². The number of benzene rings is 2. The van der Waals surface area contributed by atoms with Gasteiger partial charge in [0.25, 0.3) is 0 Å². The molecule has 3 aromatic rings. The van der Waals surface area contributed by atoms with E-state index in [-0.39, 0.29) is 0 Å². The summed E-state index contributed by atoms with van der Waals surface area (Å²) in [5.41, 5.74) is 4.02. The van der Waals surface area contributed by atoms with Gasteiger partial charge in [-0.25, -0.2) is 4.98 Å². The summed E-state index contributed by atoms with van der Waals surface area (Å²) >= 11 is 0. The number of anilines is 1. The van der Waals surface area contributed by atoms with Crippen molar-refractivity contribution >= 4 is 16.9 Å². The van der Waals surface area contributed by atoms with Gasteiger partial charge in [0.2, 0.25) is 0 Å². The quantitative estimate of drug-likeness (QED) is 0.742. The summed E-state index contributed by atoms with van der Waals surface area (Å²) in [4.78, 5) is 11.6. The number of morpholine rings is 1. The fourth-order valence-corrected chi connectivity index (χ4v) is 2.93. The van der Waals surface area contributed by atoms with Crippen molar-refractivity contribution in [3.8, 4) is 16.9 Å². The number of ether oxygens (including phenoxy) is 2. The first-order chi connectivity index (χ1) is 11.8. The lowest BCUT2D eigenvalue weighted by Crippen LogP contribution is -2.36. The molecule has 0 bridgehead atoms. The van der Waals surface area contributed by atoms with Crippen LogP contribution >= 0.6 is 0 Å². The summed E-state index contributed by atoms with van der Waals surface area (Å²) in [6.07, 6.45) is 1.85. The summed E-state index contributed by atoms with van der Waals surface area (Å²) in [6, 6.07) is 14.2. The molecule has 0 saturated carbocycles. The fourth-order valence-electron chi connectivity index (χ4n) is 2.93. The van der Waals surface area contributed by atoms with Gasteiger partial charge in [-0.15, -0.1) is 0 Å². The highest BCUT2D eigenvalue weighted by atomic mass is 16.5. The minimum atomic E-state index is 0.740. The van der Waals surface area contributed by atoms with E-state index in [2.05, 4.69) is 28.1 Å². The van der Waals surface area contributed by atoms with Crippen molar-refractivity contribution in [1.82, 2.24) is 9.97 Å². The molecule has 4 rings (SSSR count). The molecule has 1 aliphatic rings. The van der Waals surface area contributed by atoms with E-state index in [9.17, 15) is 0 Å². The van der Waals surface area contributed by atoms with Gasteiger partial charge in [0.05, 0.1) is 37.6 Å². The highest BCUT2D eigenvalue weighted by molar-refractivity contribution is 5.82. The van der Waals surface area contributed by atoms with Crippen LogP contribution in [-0.4, -0.2) is 43.4 Å². The minimum absolute atomic E-state index is 0.740. The molecule has 2 heterocycles. The molecule has 0 amide bonds. The van der Waals surface area contributed by atoms with Crippen LogP contribution in [0.3, 0.4) is 0 Å². The zero-order valence-electron chi connectivity index (χ0n) is 13.6. The number of hydrogen-bond donors (Lipinski definition) is 0. The van der Waals surface area contributed by atoms with Gasteiger partial charge in [-0.2, -0.15) is 0 Å². The average molecular weight is 321 g/mol. The van der Waals surface area contributed by atoms with Gasteiger partial charge in [0.1, 0.15) is 11.6 Å². The molecule has 1 aliphatic heterocycles. The molecule has 122 valence electrons. The highest BCUT2D eigenvalue weighted by Gasteiger charge is 2.13. The van der Waals surface area contributed by atoms with Crippen molar-refractivity contribution in [3.05, 3.63) is 48.7 Å². The van der Waals surface area contributed by atoms with Gasteiger partial charge in [0, 0.05) is 13.1 Å². The molecular formula is C19H19N3O2. The monoisotopic (exact) mass is 321 g/mol. The number of aromatic nitrogens is 2. The second-order valence-electron chi connectivity index (χ2n) is 5.76. The van der Waals surface area contributed by atoms with E-state index >= 15 is 0 Å². The van der Waals surface area contributed by atoms with Gasteiger partial charge in [0.15, 0.2) is 0 Å². The maximum atomic E-state index is 5.41. The number of fused-ring (bicyclic) bond motifs is 1. The Bertz CT molecular complexity index is 860. The van der Waals surface area contributed by atoms with Crippen LogP contribution in [0.5, 0.6) is 5.75 Å². The molecule has 24 heavy (non-hydrogen) atoms. The Labute approximate surface area is 140 Å². The number of nitrogens with zero attached hydrogens (tertiary/aromatic N) is 3. The van der Waals surface area contributed by atoms with Crippen molar-refractivity contribution in [3.63, 3.8) is 0 Å². The predicted molar refractivity (Wildman–Crippen MR) is 94.6 cm³/mol. The van der Waals surface area contributed by atoms with E-state index in [1.54, 1.807) is 7.11 Å². The molecule has 0 spiro atoms. The summed E-state index contributed by atoms with van der Waals surface area (Å²) in [6.45, 7) is 3.19. The molecule has 5 nitrogen and oxygen atoms in total. The Balaban J connectivity index is 1.72. The van der Waals surface area contributed by atoms with E-state index in [0.29, 0.717) is 0 Å². The van der Waals surface area contributed by atoms with E-state index in [1.807, 2.05) is 30.5 Å². The van der Waals surface area contributed by atoms with Crippen LogP contribution in [0.25, 0.3) is 22.2 Å². The van der Waals surface area contributed by atoms with Crippen LogP contribution in [0.15, 0.2) is 48.7 Å². The second kappa shape index (κ2) is 6.45. The minimum Gasteiger partial charge on any atom is -0.497 e. The smallest absolute Gasteiger partial charge is 0.148 e. The van der Waals surface area contributed by atoms with Gasteiger partial charge >= 0.3 is 0 Å². The molecule has 0 N–H and O–H groups in total. The third-order valence-corrected chi connectivity index (χ3v) is 4.27. The summed E-state index contributed by atoms with van der Waals surface area (Å²) in [5.74, 6) is 1.76. The molecule has 0 atom stereocenters. The van der Waals surface area contributed by atoms with Crippen molar-refractivity contribution in [2.24, 2.45) is 0 Å². The Kier molecular flexibility index (Phi) is 4.01. The first-order valence-corrected chi connectivity index (χ1v) is 8.07. The Hall–Kier alpha value is -2.66. The molecule has 0 unspecified atom stereocenters. The van der Waals surface area contributed by atoms with Crippen molar-refractivity contribution in [2.75, 3.05) is 38.3 Å². The Morgan fingerprint density at radius 3 is 2.67 bits per heavy atom. The highest BCUT2D eigenvalue weighted by Crippen LogP contribution is 2.27. The molecule has 1 fully saturated rings. The lowest BCUT2D eigenvalue weighted by Gasteiger charge is -2.27. The normalized spacial score (nSPS) is 14.8. The lowest BCUT2D eigenvalue weighted by molar-refractivity contribution is 0.122. The second-order valence-corrected chi connectivity index (χ2v) is 5.76. The molecule has 2 aromatic carbocycles. The van der Waals surface area contributed by atoms with Gasteiger partial charge < -0.3 is 14.4 Å². The summed E-state index contributed by atoms with van der Waals surface area (Å²) in [5, 5.41) is 0. The van der Waals surface area contributed by atoms with Crippen LogP contribution < -0.4 is 9.64 Å². The van der Waals surface area contributed by atoms with E-state index in [4.69, 9.17) is 14.5 Å². The number of hydrogen-bond acceptors (Lipinski definition) is 5. The van der Waals surface area contributed by atoms with E-state index < -0.39 is 0 Å². The first kappa shape index (κ1) is 14.9. The lowest BCUT2D eigenvalue weighted by atomic mass is 10.0. The Morgan fingerprint density at radius 2 is 1.83 bits per heavy atom. The van der Waals surface area contributed by atoms with Crippen molar-refractivity contribution < 1.29 is 9.47 Å². The summed E-state index contributed by atoms with van der Waals surface area (Å²) in [7, 11) is 1.68. The molecular weight excluding hydrogens is 302 g/mol. The van der Waals surface area contributed by atoms with Crippen molar-refractivity contribution in [2.45, 2.75) is 0 Å². The SMILES string of the molecule is COc1cccc(-c2ccc3ncc(N4CCOCC4)nc3c2)c1. The molecule has 0 aliphatic carbocycles. The van der Waals surface area contributed by atoms with Gasteiger partial charge in [-0.1, -0.05) is 18.2 Å². The van der Waals surface area contributed by atoms with Crippen LogP contribution in [0.4, 0.5) is 5.82 Å². The first-order valence-electron chi connectivity index (χ1n) is 8.07. The third kappa shape index (κ3) is 2.90. The van der Waals surface area contributed by atoms with Gasteiger partial charge in [-0.05, 0) is 35.4 Å². The molecule has 1 saturated heterocycles. The number of methoxy groups -OCH3 is 1. The zero-order valence-corrected chi connectivity index (χ0v) is 13.6.